The van der Waals surface area contributed by atoms with E-state index in [9.17, 15) is 14.4 Å². The molecule has 1 aliphatic heterocycles. The summed E-state index contributed by atoms with van der Waals surface area (Å²) in [6, 6.07) is 17.1. The Morgan fingerprint density at radius 3 is 2.10 bits per heavy atom. The van der Waals surface area contributed by atoms with Crippen molar-refractivity contribution in [3.05, 3.63) is 73.1 Å². The molecule has 3 amide bonds. The van der Waals surface area contributed by atoms with Gasteiger partial charge in [0.2, 0.25) is 5.91 Å². The lowest BCUT2D eigenvalue weighted by atomic mass is 10.1. The molecule has 16 heteroatoms. The molecule has 0 unspecified atom stereocenters. The molecule has 1 atom stereocenters. The quantitative estimate of drug-likeness (QED) is 0.0922. The molecule has 312 valence electrons. The summed E-state index contributed by atoms with van der Waals surface area (Å²) in [4.78, 5) is 49.9. The highest BCUT2D eigenvalue weighted by Crippen LogP contribution is 2.35. The molecule has 2 aromatic carbocycles. The van der Waals surface area contributed by atoms with Gasteiger partial charge in [0.15, 0.2) is 5.65 Å². The number of hydrogen-bond acceptors (Lipinski definition) is 13. The summed E-state index contributed by atoms with van der Waals surface area (Å²) < 4.78 is 35.3. The molecule has 4 aromatic rings. The van der Waals surface area contributed by atoms with E-state index in [4.69, 9.17) is 39.3 Å². The Hall–Kier alpha value is -5.58. The molecule has 5 rings (SSSR count). The number of para-hydroxylation sites is 1. The van der Waals surface area contributed by atoms with Crippen molar-refractivity contribution < 1.29 is 42.8 Å². The minimum absolute atomic E-state index is 0.0389. The molecule has 0 spiro atoms. The van der Waals surface area contributed by atoms with Gasteiger partial charge in [-0.1, -0.05) is 24.3 Å². The maximum atomic E-state index is 13.2. The predicted octanol–water partition coefficient (Wildman–Crippen LogP) is 6.81. The maximum Gasteiger partial charge on any atom is 0.419 e. The van der Waals surface area contributed by atoms with E-state index in [1.807, 2.05) is 64.2 Å². The number of anilines is 1. The highest BCUT2D eigenvalue weighted by molar-refractivity contribution is 5.98. The maximum absolute atomic E-state index is 13.2. The molecule has 16 nitrogen and oxygen atoms in total. The number of amides is 3. The summed E-state index contributed by atoms with van der Waals surface area (Å²) >= 11 is 0. The van der Waals surface area contributed by atoms with Crippen LogP contribution in [0.4, 0.5) is 15.4 Å². The molecule has 2 N–H and O–H groups in total. The van der Waals surface area contributed by atoms with E-state index in [1.54, 1.807) is 47.6 Å². The highest BCUT2D eigenvalue weighted by atomic mass is 16.6. The summed E-state index contributed by atoms with van der Waals surface area (Å²) in [5.74, 6) is 1.66. The number of piperidine rings is 1. The first-order valence-electron chi connectivity index (χ1n) is 19.4. The van der Waals surface area contributed by atoms with Crippen LogP contribution in [0.5, 0.6) is 11.5 Å². The third-order valence-corrected chi connectivity index (χ3v) is 8.58. The van der Waals surface area contributed by atoms with Crippen LogP contribution < -0.4 is 10.5 Å². The first kappa shape index (κ1) is 43.5. The van der Waals surface area contributed by atoms with Gasteiger partial charge in [0.1, 0.15) is 40.5 Å². The van der Waals surface area contributed by atoms with Crippen LogP contribution >= 0.6 is 0 Å². The second-order valence-electron chi connectivity index (χ2n) is 15.6. The summed E-state index contributed by atoms with van der Waals surface area (Å²) in [5, 5.41) is 5.65. The van der Waals surface area contributed by atoms with Gasteiger partial charge in [-0.3, -0.25) is 4.79 Å². The molecule has 1 fully saturated rings. The fourth-order valence-corrected chi connectivity index (χ4v) is 6.00. The van der Waals surface area contributed by atoms with Gasteiger partial charge in [0.05, 0.1) is 57.6 Å². The van der Waals surface area contributed by atoms with Gasteiger partial charge in [-0.15, -0.1) is 0 Å². The van der Waals surface area contributed by atoms with E-state index in [2.05, 4.69) is 9.97 Å². The third kappa shape index (κ3) is 13.0. The number of benzene rings is 2. The van der Waals surface area contributed by atoms with Crippen LogP contribution in [0.25, 0.3) is 22.3 Å². The van der Waals surface area contributed by atoms with E-state index in [-0.39, 0.29) is 44.9 Å². The second-order valence-corrected chi connectivity index (χ2v) is 15.6. The van der Waals surface area contributed by atoms with Gasteiger partial charge in [-0.2, -0.15) is 5.10 Å². The van der Waals surface area contributed by atoms with Crippen LogP contribution in [0.2, 0.25) is 0 Å². The van der Waals surface area contributed by atoms with Crippen molar-refractivity contribution in [1.82, 2.24) is 29.5 Å². The minimum Gasteiger partial charge on any atom is -0.457 e. The summed E-state index contributed by atoms with van der Waals surface area (Å²) in [7, 11) is 0. The predicted molar refractivity (Wildman–Crippen MR) is 217 cm³/mol. The van der Waals surface area contributed by atoms with Gasteiger partial charge in [-0.05, 0) is 90.8 Å². The number of carbonyl (C=O) groups is 3. The number of aromatic nitrogens is 4. The van der Waals surface area contributed by atoms with E-state index >= 15 is 0 Å². The molecule has 0 radical (unpaired) electrons. The van der Waals surface area contributed by atoms with Crippen molar-refractivity contribution in [2.45, 2.75) is 71.6 Å². The standard InChI is InChI=1S/C42H55N7O9/c1-41(2,3)57-39(51)48(40(52)58-42(4,5)6)21-23-54-25-27-55-26-24-53-22-11-15-34(50)47-20-10-12-31(28-47)49-38-35(37(43)44-29-45-38)36(46-49)30-16-18-33(19-17-30)56-32-13-8-7-9-14-32/h7-9,11,13-19,29,31H,10,12,20-28H2,1-6H3,(H2,43,44,45)/b15-11+/t31-/m1/s1. The Labute approximate surface area is 339 Å². The molecule has 1 aliphatic rings. The first-order chi connectivity index (χ1) is 27.7. The average Bonchev–Trinajstić information content (AvgIpc) is 3.57. The summed E-state index contributed by atoms with van der Waals surface area (Å²) in [5.41, 5.74) is 6.95. The number of hydrogen-bond donors (Lipinski definition) is 1. The average molecular weight is 802 g/mol. The van der Waals surface area contributed by atoms with Crippen LogP contribution in [-0.4, -0.2) is 118 Å². The number of imide groups is 1. The van der Waals surface area contributed by atoms with Crippen molar-refractivity contribution in [1.29, 1.82) is 0 Å². The van der Waals surface area contributed by atoms with Crippen LogP contribution in [0, 0.1) is 0 Å². The van der Waals surface area contributed by atoms with Crippen molar-refractivity contribution in [3.63, 3.8) is 0 Å². The van der Waals surface area contributed by atoms with Crippen molar-refractivity contribution >= 4 is 34.9 Å². The molecular formula is C42H55N7O9. The Morgan fingerprint density at radius 2 is 1.45 bits per heavy atom. The van der Waals surface area contributed by atoms with E-state index in [0.717, 1.165) is 29.1 Å². The molecular weight excluding hydrogens is 747 g/mol. The second kappa shape index (κ2) is 20.2. The molecule has 58 heavy (non-hydrogen) atoms. The van der Waals surface area contributed by atoms with E-state index in [0.29, 0.717) is 54.6 Å². The molecule has 0 aliphatic carbocycles. The topological polar surface area (TPSA) is 183 Å². The SMILES string of the molecule is CC(C)(C)OC(=O)N(CCOCCOCCOC/C=C/C(=O)N1CCC[C@@H](n2nc(-c3ccc(Oc4ccccc4)cc3)c3c(N)ncnc32)C1)C(=O)OC(C)(C)C. The van der Waals surface area contributed by atoms with Crippen molar-refractivity contribution in [3.8, 4) is 22.8 Å². The van der Waals surface area contributed by atoms with Gasteiger partial charge >= 0.3 is 12.2 Å². The van der Waals surface area contributed by atoms with Gasteiger partial charge < -0.3 is 39.1 Å². The number of rotatable bonds is 16. The minimum atomic E-state index is -0.804. The zero-order chi connectivity index (χ0) is 41.7. The number of nitrogens with two attached hydrogens (primary N) is 1. The number of fused-ring (bicyclic) bond motifs is 1. The monoisotopic (exact) mass is 801 g/mol. The third-order valence-electron chi connectivity index (χ3n) is 8.58. The largest absolute Gasteiger partial charge is 0.457 e. The van der Waals surface area contributed by atoms with Gasteiger partial charge in [0.25, 0.3) is 0 Å². The van der Waals surface area contributed by atoms with Crippen LogP contribution in [0.15, 0.2) is 73.1 Å². The zero-order valence-corrected chi connectivity index (χ0v) is 34.2. The first-order valence-corrected chi connectivity index (χ1v) is 19.4. The lowest BCUT2D eigenvalue weighted by Crippen LogP contribution is -2.45. The number of ether oxygens (including phenoxy) is 6. The fourth-order valence-electron chi connectivity index (χ4n) is 6.00. The smallest absolute Gasteiger partial charge is 0.419 e. The lowest BCUT2D eigenvalue weighted by molar-refractivity contribution is -0.127. The Bertz CT molecular complexity index is 1960. The van der Waals surface area contributed by atoms with E-state index in [1.165, 1.54) is 12.4 Å². The molecule has 1 saturated heterocycles. The van der Waals surface area contributed by atoms with Gasteiger partial charge in [-0.25, -0.2) is 29.1 Å². The molecule has 3 heterocycles. The van der Waals surface area contributed by atoms with Crippen molar-refractivity contribution in [2.75, 3.05) is 65.0 Å². The molecule has 2 aromatic heterocycles. The van der Waals surface area contributed by atoms with Gasteiger partial charge in [0, 0.05) is 24.7 Å². The van der Waals surface area contributed by atoms with Crippen molar-refractivity contribution in [2.24, 2.45) is 0 Å². The molecule has 0 saturated carbocycles. The Kier molecular flexibility index (Phi) is 15.2. The number of likely N-dealkylation sites (tertiary alicyclic amines) is 1. The highest BCUT2D eigenvalue weighted by Gasteiger charge is 2.31. The normalized spacial score (nSPS) is 14.8. The van der Waals surface area contributed by atoms with E-state index < -0.39 is 23.4 Å². The number of carbonyl (C=O) groups excluding carboxylic acids is 3. The number of nitrogen functional groups attached to an aromatic ring is 1. The summed E-state index contributed by atoms with van der Waals surface area (Å²) in [6.45, 7) is 12.8. The van der Waals surface area contributed by atoms with Crippen LogP contribution in [-0.2, 0) is 28.5 Å². The van der Waals surface area contributed by atoms with Crippen LogP contribution in [0.1, 0.15) is 60.4 Å². The summed E-state index contributed by atoms with van der Waals surface area (Å²) in [6.07, 6.45) is 4.67. The molecule has 0 bridgehead atoms. The Morgan fingerprint density at radius 1 is 0.828 bits per heavy atom. The fraction of sp³-hybridized carbons (Fsp3) is 0.476. The lowest BCUT2D eigenvalue weighted by Gasteiger charge is -2.32. The number of nitrogens with zero attached hydrogens (tertiary/aromatic N) is 6. The Balaban J connectivity index is 1.03. The van der Waals surface area contributed by atoms with Crippen LogP contribution in [0.3, 0.4) is 0 Å². The zero-order valence-electron chi connectivity index (χ0n) is 34.2.